The molecule has 15 heavy (non-hydrogen) atoms. The summed E-state index contributed by atoms with van der Waals surface area (Å²) in [6, 6.07) is 13.4. The Labute approximate surface area is 93.4 Å². The molecular weight excluding hydrogens is 196 g/mol. The SMILES string of the molecule is Cc1c([SiH3])ccc2c1Cc1ccccc1-2. The normalized spacial score (nSPS) is 12.6. The second-order valence-electron chi connectivity index (χ2n) is 4.37. The topological polar surface area (TPSA) is 0 Å². The monoisotopic (exact) mass is 210 g/mol. The van der Waals surface area contributed by atoms with E-state index in [0.717, 1.165) is 16.7 Å². The second-order valence-corrected chi connectivity index (χ2v) is 5.44. The summed E-state index contributed by atoms with van der Waals surface area (Å²) in [5.74, 6) is 0. The molecule has 2 aromatic rings. The maximum absolute atomic E-state index is 2.30. The first-order valence-electron chi connectivity index (χ1n) is 5.45. The average molecular weight is 210 g/mol. The number of hydrogen-bond donors (Lipinski definition) is 0. The van der Waals surface area contributed by atoms with Gasteiger partial charge in [0, 0.05) is 10.2 Å². The molecule has 0 bridgehead atoms. The summed E-state index contributed by atoms with van der Waals surface area (Å²) in [6.45, 7) is 2.27. The Morgan fingerprint density at radius 1 is 1.00 bits per heavy atom. The van der Waals surface area contributed by atoms with Crippen molar-refractivity contribution in [1.29, 1.82) is 0 Å². The molecule has 1 aliphatic rings. The third-order valence-corrected chi connectivity index (χ3v) is 4.63. The van der Waals surface area contributed by atoms with Gasteiger partial charge in [-0.25, -0.2) is 0 Å². The minimum absolute atomic E-state index is 1.13. The molecule has 2 aromatic carbocycles. The summed E-state index contributed by atoms with van der Waals surface area (Å²) >= 11 is 0. The molecule has 0 N–H and O–H groups in total. The fourth-order valence-corrected chi connectivity index (χ4v) is 2.95. The van der Waals surface area contributed by atoms with Crippen LogP contribution in [0.15, 0.2) is 36.4 Å². The Morgan fingerprint density at radius 2 is 1.80 bits per heavy atom. The number of rotatable bonds is 0. The van der Waals surface area contributed by atoms with Crippen molar-refractivity contribution in [3.8, 4) is 11.1 Å². The van der Waals surface area contributed by atoms with Gasteiger partial charge in [-0.2, -0.15) is 0 Å². The van der Waals surface area contributed by atoms with Crippen LogP contribution >= 0.6 is 0 Å². The van der Waals surface area contributed by atoms with Gasteiger partial charge in [-0.1, -0.05) is 41.6 Å². The molecule has 0 spiro atoms. The van der Waals surface area contributed by atoms with E-state index < -0.39 is 0 Å². The Morgan fingerprint density at radius 3 is 2.67 bits per heavy atom. The lowest BCUT2D eigenvalue weighted by molar-refractivity contribution is 1.23. The molecule has 0 aliphatic heterocycles. The Balaban J connectivity index is 2.31. The maximum atomic E-state index is 2.30. The quantitative estimate of drug-likeness (QED) is 0.494. The molecule has 0 saturated carbocycles. The van der Waals surface area contributed by atoms with Gasteiger partial charge in [-0.15, -0.1) is 0 Å². The van der Waals surface area contributed by atoms with Crippen molar-refractivity contribution in [2.45, 2.75) is 13.3 Å². The van der Waals surface area contributed by atoms with Crippen LogP contribution in [0, 0.1) is 6.92 Å². The highest BCUT2D eigenvalue weighted by Crippen LogP contribution is 2.36. The van der Waals surface area contributed by atoms with E-state index in [1.54, 1.807) is 10.8 Å². The highest BCUT2D eigenvalue weighted by molar-refractivity contribution is 6.33. The van der Waals surface area contributed by atoms with Gasteiger partial charge < -0.3 is 0 Å². The molecular formula is C14H14Si. The molecule has 0 fully saturated rings. The molecule has 0 saturated heterocycles. The maximum Gasteiger partial charge on any atom is 0.0388 e. The van der Waals surface area contributed by atoms with Gasteiger partial charge in [0.15, 0.2) is 0 Å². The molecule has 0 nitrogen and oxygen atoms in total. The van der Waals surface area contributed by atoms with Crippen molar-refractivity contribution < 1.29 is 0 Å². The highest BCUT2D eigenvalue weighted by Gasteiger charge is 2.19. The summed E-state index contributed by atoms with van der Waals surface area (Å²) in [4.78, 5) is 0. The first-order valence-corrected chi connectivity index (χ1v) is 6.45. The van der Waals surface area contributed by atoms with Crippen molar-refractivity contribution in [3.63, 3.8) is 0 Å². The summed E-state index contributed by atoms with van der Waals surface area (Å²) in [5.41, 5.74) is 7.47. The molecule has 0 heterocycles. The Kier molecular flexibility index (Phi) is 1.83. The lowest BCUT2D eigenvalue weighted by Crippen LogP contribution is -2.09. The van der Waals surface area contributed by atoms with E-state index in [4.69, 9.17) is 0 Å². The van der Waals surface area contributed by atoms with Crippen LogP contribution in [-0.2, 0) is 6.42 Å². The van der Waals surface area contributed by atoms with Crippen LogP contribution < -0.4 is 5.19 Å². The van der Waals surface area contributed by atoms with Crippen LogP contribution in [0.3, 0.4) is 0 Å². The van der Waals surface area contributed by atoms with Crippen LogP contribution in [0.2, 0.25) is 0 Å². The average Bonchev–Trinajstić information content (AvgIpc) is 2.63. The Hall–Kier alpha value is -1.34. The van der Waals surface area contributed by atoms with Crippen molar-refractivity contribution in [1.82, 2.24) is 0 Å². The molecule has 0 unspecified atom stereocenters. The van der Waals surface area contributed by atoms with Gasteiger partial charge in [0.25, 0.3) is 0 Å². The Bertz CT molecular complexity index is 541. The van der Waals surface area contributed by atoms with E-state index in [1.165, 1.54) is 22.3 Å². The van der Waals surface area contributed by atoms with Crippen LogP contribution in [-0.4, -0.2) is 10.2 Å². The van der Waals surface area contributed by atoms with Crippen molar-refractivity contribution >= 4 is 15.4 Å². The van der Waals surface area contributed by atoms with E-state index in [0.29, 0.717) is 0 Å². The summed E-state index contributed by atoms with van der Waals surface area (Å²) in [6.07, 6.45) is 1.13. The van der Waals surface area contributed by atoms with E-state index >= 15 is 0 Å². The van der Waals surface area contributed by atoms with Crippen LogP contribution in [0.1, 0.15) is 16.7 Å². The number of benzene rings is 2. The summed E-state index contributed by atoms with van der Waals surface area (Å²) < 4.78 is 0. The highest BCUT2D eigenvalue weighted by atomic mass is 28.1. The fraction of sp³-hybridized carbons (Fsp3) is 0.143. The number of hydrogen-bond acceptors (Lipinski definition) is 0. The summed E-state index contributed by atoms with van der Waals surface area (Å²) in [7, 11) is 1.16. The van der Waals surface area contributed by atoms with Crippen molar-refractivity contribution in [2.24, 2.45) is 0 Å². The third-order valence-electron chi connectivity index (χ3n) is 3.54. The van der Waals surface area contributed by atoms with E-state index in [9.17, 15) is 0 Å². The lowest BCUT2D eigenvalue weighted by Gasteiger charge is -2.07. The van der Waals surface area contributed by atoms with Gasteiger partial charge >= 0.3 is 0 Å². The first-order chi connectivity index (χ1) is 7.27. The molecule has 3 rings (SSSR count). The zero-order valence-electron chi connectivity index (χ0n) is 9.17. The molecule has 0 atom stereocenters. The fourth-order valence-electron chi connectivity index (χ4n) is 2.48. The zero-order chi connectivity index (χ0) is 10.4. The minimum Gasteiger partial charge on any atom is -0.0676 e. The first kappa shape index (κ1) is 8.92. The van der Waals surface area contributed by atoms with E-state index in [1.807, 2.05) is 0 Å². The van der Waals surface area contributed by atoms with Gasteiger partial charge in [-0.05, 0) is 41.2 Å². The van der Waals surface area contributed by atoms with Gasteiger partial charge in [0.2, 0.25) is 0 Å². The molecule has 1 aliphatic carbocycles. The third kappa shape index (κ3) is 1.20. The predicted octanol–water partition coefficient (Wildman–Crippen LogP) is 1.56. The van der Waals surface area contributed by atoms with Crippen molar-refractivity contribution in [3.05, 3.63) is 53.1 Å². The molecule has 0 radical (unpaired) electrons. The lowest BCUT2D eigenvalue weighted by atomic mass is 10.0. The standard InChI is InChI=1S/C14H14Si/c1-9-13-8-10-4-2-3-5-11(10)12(13)6-7-14(9)15/h2-7H,8H2,1,15H3. The van der Waals surface area contributed by atoms with Crippen LogP contribution in [0.4, 0.5) is 0 Å². The van der Waals surface area contributed by atoms with Gasteiger partial charge in [-0.3, -0.25) is 0 Å². The smallest absolute Gasteiger partial charge is 0.0388 e. The van der Waals surface area contributed by atoms with Gasteiger partial charge in [0.05, 0.1) is 0 Å². The number of fused-ring (bicyclic) bond motifs is 3. The van der Waals surface area contributed by atoms with Crippen LogP contribution in [0.25, 0.3) is 11.1 Å². The van der Waals surface area contributed by atoms with Gasteiger partial charge in [0.1, 0.15) is 0 Å². The second kappa shape index (κ2) is 3.07. The van der Waals surface area contributed by atoms with E-state index in [2.05, 4.69) is 43.3 Å². The molecule has 74 valence electrons. The minimum atomic E-state index is 1.13. The predicted molar refractivity (Wildman–Crippen MR) is 69.0 cm³/mol. The van der Waals surface area contributed by atoms with Crippen molar-refractivity contribution in [2.75, 3.05) is 0 Å². The largest absolute Gasteiger partial charge is 0.0676 e. The van der Waals surface area contributed by atoms with E-state index in [-0.39, 0.29) is 0 Å². The zero-order valence-corrected chi connectivity index (χ0v) is 11.2. The molecule has 0 amide bonds. The molecule has 1 heteroatoms. The van der Waals surface area contributed by atoms with Crippen LogP contribution in [0.5, 0.6) is 0 Å². The molecule has 0 aromatic heterocycles. The summed E-state index contributed by atoms with van der Waals surface area (Å²) in [5, 5.41) is 1.54.